The van der Waals surface area contributed by atoms with E-state index >= 15 is 0 Å². The van der Waals surface area contributed by atoms with Crippen molar-refractivity contribution in [2.24, 2.45) is 0 Å². The van der Waals surface area contributed by atoms with Crippen LogP contribution in [0.3, 0.4) is 0 Å². The summed E-state index contributed by atoms with van der Waals surface area (Å²) in [5.74, 6) is 0.131. The number of fused-ring (bicyclic) bond motifs is 1. The molecule has 0 radical (unpaired) electrons. The van der Waals surface area contributed by atoms with Gasteiger partial charge in [-0.3, -0.25) is 14.2 Å². The van der Waals surface area contributed by atoms with Gasteiger partial charge in [-0.1, -0.05) is 0 Å². The zero-order valence-corrected chi connectivity index (χ0v) is 19.1. The Balaban J connectivity index is 1.64. The van der Waals surface area contributed by atoms with Gasteiger partial charge in [-0.25, -0.2) is 9.78 Å². The summed E-state index contributed by atoms with van der Waals surface area (Å²) in [6.07, 6.45) is 2.97. The van der Waals surface area contributed by atoms with Crippen LogP contribution in [0.2, 0.25) is 0 Å². The molecule has 0 spiro atoms. The van der Waals surface area contributed by atoms with Gasteiger partial charge in [0.1, 0.15) is 15.5 Å². The third-order valence-corrected chi connectivity index (χ3v) is 6.64. The maximum atomic E-state index is 13.1. The molecule has 4 rings (SSSR count). The Kier molecular flexibility index (Phi) is 5.84. The number of nitrogens with zero attached hydrogens (tertiary/aromatic N) is 3. The zero-order chi connectivity index (χ0) is 23.0. The van der Waals surface area contributed by atoms with Crippen LogP contribution in [-0.2, 0) is 17.8 Å². The summed E-state index contributed by atoms with van der Waals surface area (Å²) in [6, 6.07) is 5.53. The van der Waals surface area contributed by atoms with Crippen molar-refractivity contribution in [1.82, 2.24) is 14.1 Å². The third-order valence-electron chi connectivity index (χ3n) is 5.46. The van der Waals surface area contributed by atoms with E-state index in [2.05, 4.69) is 4.98 Å². The minimum absolute atomic E-state index is 0.142. The van der Waals surface area contributed by atoms with Gasteiger partial charge in [0.2, 0.25) is 0 Å². The molecule has 0 fully saturated rings. The highest BCUT2D eigenvalue weighted by Crippen LogP contribution is 2.27. The van der Waals surface area contributed by atoms with Crippen molar-refractivity contribution in [3.05, 3.63) is 74.3 Å². The Bertz CT molecular complexity index is 1380. The molecule has 9 heteroatoms. The summed E-state index contributed by atoms with van der Waals surface area (Å²) in [4.78, 5) is 43.5. The second-order valence-electron chi connectivity index (χ2n) is 7.51. The van der Waals surface area contributed by atoms with E-state index in [1.165, 1.54) is 10.9 Å². The molecule has 32 heavy (non-hydrogen) atoms. The third kappa shape index (κ3) is 3.80. The molecular formula is C23H23N3O5S. The highest BCUT2D eigenvalue weighted by atomic mass is 32.1. The van der Waals surface area contributed by atoms with Crippen molar-refractivity contribution >= 4 is 33.3 Å². The minimum Gasteiger partial charge on any atom is -0.467 e. The van der Waals surface area contributed by atoms with E-state index < -0.39 is 5.97 Å². The molecular weight excluding hydrogens is 430 g/mol. The fourth-order valence-electron chi connectivity index (χ4n) is 3.79. The molecule has 0 N–H and O–H groups in total. The van der Waals surface area contributed by atoms with E-state index in [-0.39, 0.29) is 24.5 Å². The summed E-state index contributed by atoms with van der Waals surface area (Å²) in [7, 11) is 0. The molecule has 0 atom stereocenters. The van der Waals surface area contributed by atoms with Gasteiger partial charge < -0.3 is 13.7 Å². The SMILES string of the molecule is CCOC(=O)c1sc2ncn(CC(=O)c3cc(C)n(Cc4ccco4)c3C)c(=O)c2c1C. The van der Waals surface area contributed by atoms with E-state index in [0.717, 1.165) is 28.5 Å². The lowest BCUT2D eigenvalue weighted by atomic mass is 10.1. The number of esters is 1. The number of Topliss-reactive ketones (excluding diaryl/α,β-unsaturated/α-hetero) is 1. The minimum atomic E-state index is -0.473. The van der Waals surface area contributed by atoms with Gasteiger partial charge in [-0.2, -0.15) is 0 Å². The molecule has 4 heterocycles. The number of rotatable bonds is 7. The molecule has 0 aliphatic rings. The first kappa shape index (κ1) is 21.8. The van der Waals surface area contributed by atoms with E-state index in [1.807, 2.05) is 36.6 Å². The second-order valence-corrected chi connectivity index (χ2v) is 8.51. The molecule has 0 saturated carbocycles. The highest BCUT2D eigenvalue weighted by Gasteiger charge is 2.22. The van der Waals surface area contributed by atoms with Crippen molar-refractivity contribution in [1.29, 1.82) is 0 Å². The first-order valence-electron chi connectivity index (χ1n) is 10.2. The molecule has 4 aromatic rings. The average Bonchev–Trinajstić information content (AvgIpc) is 3.46. The smallest absolute Gasteiger partial charge is 0.348 e. The Labute approximate surface area is 188 Å². The van der Waals surface area contributed by atoms with E-state index in [9.17, 15) is 14.4 Å². The van der Waals surface area contributed by atoms with Crippen LogP contribution in [0.5, 0.6) is 0 Å². The van der Waals surface area contributed by atoms with Crippen LogP contribution in [0.15, 0.2) is 40.0 Å². The van der Waals surface area contributed by atoms with Crippen LogP contribution in [0.4, 0.5) is 0 Å². The lowest BCUT2D eigenvalue weighted by Crippen LogP contribution is -2.25. The van der Waals surface area contributed by atoms with E-state index in [1.54, 1.807) is 20.1 Å². The molecule has 166 valence electrons. The number of hydrogen-bond acceptors (Lipinski definition) is 7. The molecule has 0 aliphatic carbocycles. The molecule has 4 aromatic heterocycles. The lowest BCUT2D eigenvalue weighted by Gasteiger charge is -2.08. The fourth-order valence-corrected chi connectivity index (χ4v) is 4.82. The van der Waals surface area contributed by atoms with Crippen LogP contribution in [0.1, 0.15) is 49.7 Å². The Morgan fingerprint density at radius 2 is 2.03 bits per heavy atom. The quantitative estimate of drug-likeness (QED) is 0.311. The predicted molar refractivity (Wildman–Crippen MR) is 121 cm³/mol. The monoisotopic (exact) mass is 453 g/mol. The molecule has 0 saturated heterocycles. The summed E-state index contributed by atoms with van der Waals surface area (Å²) < 4.78 is 13.8. The van der Waals surface area contributed by atoms with Crippen LogP contribution in [0, 0.1) is 20.8 Å². The van der Waals surface area contributed by atoms with Crippen LogP contribution in [-0.4, -0.2) is 32.5 Å². The number of carbonyl (C=O) groups is 2. The molecule has 0 unspecified atom stereocenters. The van der Waals surface area contributed by atoms with Gasteiger partial charge in [-0.15, -0.1) is 11.3 Å². The van der Waals surface area contributed by atoms with Crippen LogP contribution < -0.4 is 5.56 Å². The number of furan rings is 1. The van der Waals surface area contributed by atoms with Gasteiger partial charge in [0, 0.05) is 17.0 Å². The lowest BCUT2D eigenvalue weighted by molar-refractivity contribution is 0.0531. The second kappa shape index (κ2) is 8.58. The number of ketones is 1. The van der Waals surface area contributed by atoms with E-state index in [4.69, 9.17) is 9.15 Å². The highest BCUT2D eigenvalue weighted by molar-refractivity contribution is 7.20. The normalized spacial score (nSPS) is 11.2. The number of hydrogen-bond donors (Lipinski definition) is 0. The van der Waals surface area contributed by atoms with Crippen molar-refractivity contribution in [3.8, 4) is 0 Å². The number of thiophene rings is 1. The summed E-state index contributed by atoms with van der Waals surface area (Å²) in [5.41, 5.74) is 2.46. The number of aryl methyl sites for hydroxylation is 2. The Hall–Kier alpha value is -3.46. The standard InChI is InChI=1S/C23H23N3O5S/c1-5-30-23(29)20-14(3)19-21(32-20)24-12-25(22(19)28)11-18(27)17-9-13(2)26(15(17)4)10-16-7-6-8-31-16/h6-9,12H,5,10-11H2,1-4H3. The molecule has 8 nitrogen and oxygen atoms in total. The van der Waals surface area contributed by atoms with Gasteiger partial charge in [-0.05, 0) is 51.5 Å². The topological polar surface area (TPSA) is 96.3 Å². The summed E-state index contributed by atoms with van der Waals surface area (Å²) >= 11 is 1.12. The van der Waals surface area contributed by atoms with Gasteiger partial charge >= 0.3 is 5.97 Å². The summed E-state index contributed by atoms with van der Waals surface area (Å²) in [5, 5.41) is 0.344. The summed E-state index contributed by atoms with van der Waals surface area (Å²) in [6.45, 7) is 7.86. The molecule has 0 aromatic carbocycles. The first-order valence-corrected chi connectivity index (χ1v) is 11.0. The fraction of sp³-hybridized carbons (Fsp3) is 0.304. The number of carbonyl (C=O) groups excluding carboxylic acids is 2. The van der Waals surface area contributed by atoms with E-state index in [0.29, 0.717) is 32.8 Å². The van der Waals surface area contributed by atoms with Gasteiger partial charge in [0.05, 0.1) is 37.7 Å². The van der Waals surface area contributed by atoms with Gasteiger partial charge in [0.15, 0.2) is 5.78 Å². The molecule has 0 aliphatic heterocycles. The van der Waals surface area contributed by atoms with Crippen molar-refractivity contribution < 1.29 is 18.7 Å². The maximum Gasteiger partial charge on any atom is 0.348 e. The molecule has 0 amide bonds. The van der Waals surface area contributed by atoms with Crippen molar-refractivity contribution in [2.45, 2.75) is 40.8 Å². The first-order chi connectivity index (χ1) is 15.3. The van der Waals surface area contributed by atoms with Crippen LogP contribution in [0.25, 0.3) is 10.2 Å². The Morgan fingerprint density at radius 3 is 2.72 bits per heavy atom. The number of ether oxygens (including phenoxy) is 1. The predicted octanol–water partition coefficient (Wildman–Crippen LogP) is 3.89. The van der Waals surface area contributed by atoms with Crippen molar-refractivity contribution in [3.63, 3.8) is 0 Å². The largest absolute Gasteiger partial charge is 0.467 e. The Morgan fingerprint density at radius 1 is 1.25 bits per heavy atom. The van der Waals surface area contributed by atoms with Crippen molar-refractivity contribution in [2.75, 3.05) is 6.61 Å². The zero-order valence-electron chi connectivity index (χ0n) is 18.3. The molecule has 0 bridgehead atoms. The van der Waals surface area contributed by atoms with Crippen LogP contribution >= 0.6 is 11.3 Å². The average molecular weight is 454 g/mol. The number of aromatic nitrogens is 3. The van der Waals surface area contributed by atoms with Gasteiger partial charge in [0.25, 0.3) is 5.56 Å². The maximum absolute atomic E-state index is 13.1.